The van der Waals surface area contributed by atoms with Crippen LogP contribution in [0.4, 0.5) is 5.69 Å². The van der Waals surface area contributed by atoms with Crippen LogP contribution < -0.4 is 5.32 Å². The summed E-state index contributed by atoms with van der Waals surface area (Å²) in [5.74, 6) is 1.34. The fourth-order valence-corrected chi connectivity index (χ4v) is 3.60. The summed E-state index contributed by atoms with van der Waals surface area (Å²) in [5, 5.41) is 3.12. The average molecular weight is 299 g/mol. The fourth-order valence-electron chi connectivity index (χ4n) is 3.60. The highest BCUT2D eigenvalue weighted by Crippen LogP contribution is 2.35. The number of hydrogen-bond donors (Lipinski definition) is 1. The zero-order valence-electron chi connectivity index (χ0n) is 13.4. The van der Waals surface area contributed by atoms with Crippen molar-refractivity contribution in [3.05, 3.63) is 41.2 Å². The van der Waals surface area contributed by atoms with Gasteiger partial charge in [-0.2, -0.15) is 0 Å². The molecule has 1 saturated carbocycles. The van der Waals surface area contributed by atoms with Gasteiger partial charge < -0.3 is 10.1 Å². The number of ether oxygens (including phenoxy) is 1. The van der Waals surface area contributed by atoms with Crippen molar-refractivity contribution in [2.45, 2.75) is 57.8 Å². The molecule has 0 saturated heterocycles. The molecule has 0 radical (unpaired) electrons. The Morgan fingerprint density at radius 2 is 1.86 bits per heavy atom. The van der Waals surface area contributed by atoms with Gasteiger partial charge in [0, 0.05) is 12.1 Å². The molecule has 0 unspecified atom stereocenters. The third kappa shape index (κ3) is 3.34. The van der Waals surface area contributed by atoms with E-state index < -0.39 is 0 Å². The summed E-state index contributed by atoms with van der Waals surface area (Å²) < 4.78 is 5.41. The van der Waals surface area contributed by atoms with Crippen LogP contribution in [0.2, 0.25) is 0 Å². The smallest absolute Gasteiger partial charge is 0.255 e. The first-order chi connectivity index (χ1) is 10.8. The number of amides is 1. The van der Waals surface area contributed by atoms with E-state index in [0.29, 0.717) is 18.9 Å². The number of rotatable bonds is 3. The molecule has 1 aromatic carbocycles. The molecule has 1 heterocycles. The fraction of sp³-hybridized carbons (Fsp3) is 0.526. The SMILES string of the molecule is CC1=C(C(=O)Nc2ccccc2C2CCCCCC2)CCO1. The van der Waals surface area contributed by atoms with Crippen LogP contribution in [0.5, 0.6) is 0 Å². The van der Waals surface area contributed by atoms with E-state index in [1.54, 1.807) is 0 Å². The van der Waals surface area contributed by atoms with Crippen LogP contribution in [0, 0.1) is 0 Å². The van der Waals surface area contributed by atoms with Crippen molar-refractivity contribution >= 4 is 11.6 Å². The molecule has 3 rings (SSSR count). The highest BCUT2D eigenvalue weighted by molar-refractivity contribution is 6.04. The normalized spacial score (nSPS) is 19.7. The standard InChI is InChI=1S/C19H25NO2/c1-14-16(12-13-22-14)19(21)20-18-11-7-6-10-17(18)15-8-4-2-3-5-9-15/h6-7,10-11,15H,2-5,8-9,12-13H2,1H3,(H,20,21). The molecule has 0 spiro atoms. The topological polar surface area (TPSA) is 38.3 Å². The Morgan fingerprint density at radius 1 is 1.14 bits per heavy atom. The number of anilines is 1. The van der Waals surface area contributed by atoms with Crippen molar-refractivity contribution < 1.29 is 9.53 Å². The maximum absolute atomic E-state index is 12.5. The summed E-state index contributed by atoms with van der Waals surface area (Å²) in [6.07, 6.45) is 8.46. The molecule has 3 heteroatoms. The van der Waals surface area contributed by atoms with Crippen molar-refractivity contribution in [1.82, 2.24) is 0 Å². The van der Waals surface area contributed by atoms with E-state index >= 15 is 0 Å². The lowest BCUT2D eigenvalue weighted by molar-refractivity contribution is -0.113. The Kier molecular flexibility index (Phi) is 4.81. The molecule has 0 atom stereocenters. The average Bonchev–Trinajstić information content (AvgIpc) is 2.79. The van der Waals surface area contributed by atoms with Gasteiger partial charge in [-0.3, -0.25) is 4.79 Å². The van der Waals surface area contributed by atoms with Gasteiger partial charge in [0.2, 0.25) is 0 Å². The van der Waals surface area contributed by atoms with E-state index in [0.717, 1.165) is 17.0 Å². The maximum Gasteiger partial charge on any atom is 0.255 e. The molecular formula is C19H25NO2. The minimum absolute atomic E-state index is 0.00364. The Labute approximate surface area is 132 Å². The number of nitrogens with one attached hydrogen (secondary N) is 1. The second-order valence-corrected chi connectivity index (χ2v) is 6.36. The van der Waals surface area contributed by atoms with Gasteiger partial charge in [0.1, 0.15) is 5.76 Å². The van der Waals surface area contributed by atoms with Gasteiger partial charge >= 0.3 is 0 Å². The minimum Gasteiger partial charge on any atom is -0.497 e. The quantitative estimate of drug-likeness (QED) is 0.817. The Bertz CT molecular complexity index is 569. The van der Waals surface area contributed by atoms with E-state index in [1.165, 1.54) is 44.1 Å². The summed E-state index contributed by atoms with van der Waals surface area (Å²) in [4.78, 5) is 12.5. The van der Waals surface area contributed by atoms with Gasteiger partial charge in [0.05, 0.1) is 12.2 Å². The lowest BCUT2D eigenvalue weighted by Gasteiger charge is -2.19. The molecule has 0 bridgehead atoms. The summed E-state index contributed by atoms with van der Waals surface area (Å²) in [6.45, 7) is 2.50. The van der Waals surface area contributed by atoms with Crippen LogP contribution in [0.25, 0.3) is 0 Å². The molecular weight excluding hydrogens is 274 g/mol. The van der Waals surface area contributed by atoms with Crippen LogP contribution >= 0.6 is 0 Å². The first kappa shape index (κ1) is 15.1. The molecule has 1 N–H and O–H groups in total. The van der Waals surface area contributed by atoms with Crippen LogP contribution in [0.1, 0.15) is 63.4 Å². The monoisotopic (exact) mass is 299 g/mol. The van der Waals surface area contributed by atoms with Crippen molar-refractivity contribution in [2.24, 2.45) is 0 Å². The van der Waals surface area contributed by atoms with Gasteiger partial charge in [-0.1, -0.05) is 43.9 Å². The predicted molar refractivity (Wildman–Crippen MR) is 88.8 cm³/mol. The summed E-state index contributed by atoms with van der Waals surface area (Å²) in [7, 11) is 0. The number of para-hydroxylation sites is 1. The van der Waals surface area contributed by atoms with Crippen LogP contribution in [-0.4, -0.2) is 12.5 Å². The number of allylic oxidation sites excluding steroid dienone is 1. The number of hydrogen-bond acceptors (Lipinski definition) is 2. The largest absolute Gasteiger partial charge is 0.497 e. The zero-order valence-corrected chi connectivity index (χ0v) is 13.4. The summed E-state index contributed by atoms with van der Waals surface area (Å²) in [6, 6.07) is 8.29. The summed E-state index contributed by atoms with van der Waals surface area (Å²) >= 11 is 0. The third-order valence-corrected chi connectivity index (χ3v) is 4.87. The highest BCUT2D eigenvalue weighted by Gasteiger charge is 2.22. The predicted octanol–water partition coefficient (Wildman–Crippen LogP) is 4.76. The van der Waals surface area contributed by atoms with Gasteiger partial charge in [0.25, 0.3) is 5.91 Å². The first-order valence-electron chi connectivity index (χ1n) is 8.48. The summed E-state index contributed by atoms with van der Waals surface area (Å²) in [5.41, 5.74) is 3.07. The van der Waals surface area contributed by atoms with E-state index in [9.17, 15) is 4.79 Å². The molecule has 0 aromatic heterocycles. The van der Waals surface area contributed by atoms with Crippen molar-refractivity contribution in [2.75, 3.05) is 11.9 Å². The van der Waals surface area contributed by atoms with E-state index in [-0.39, 0.29) is 5.91 Å². The van der Waals surface area contributed by atoms with Crippen molar-refractivity contribution in [3.8, 4) is 0 Å². The van der Waals surface area contributed by atoms with Gasteiger partial charge in [-0.15, -0.1) is 0 Å². The lowest BCUT2D eigenvalue weighted by Crippen LogP contribution is -2.16. The number of carbonyl (C=O) groups is 1. The molecule has 118 valence electrons. The third-order valence-electron chi connectivity index (χ3n) is 4.87. The molecule has 1 amide bonds. The van der Waals surface area contributed by atoms with Crippen LogP contribution in [-0.2, 0) is 9.53 Å². The molecule has 1 aliphatic carbocycles. The molecule has 1 aliphatic heterocycles. The van der Waals surface area contributed by atoms with Gasteiger partial charge in [0.15, 0.2) is 0 Å². The van der Waals surface area contributed by atoms with Crippen LogP contribution in [0.3, 0.4) is 0 Å². The highest BCUT2D eigenvalue weighted by atomic mass is 16.5. The van der Waals surface area contributed by atoms with E-state index in [4.69, 9.17) is 4.74 Å². The molecule has 22 heavy (non-hydrogen) atoms. The van der Waals surface area contributed by atoms with E-state index in [2.05, 4.69) is 17.4 Å². The minimum atomic E-state index is -0.00364. The maximum atomic E-state index is 12.5. The van der Waals surface area contributed by atoms with Crippen molar-refractivity contribution in [1.29, 1.82) is 0 Å². The van der Waals surface area contributed by atoms with Gasteiger partial charge in [-0.25, -0.2) is 0 Å². The number of carbonyl (C=O) groups excluding carboxylic acids is 1. The molecule has 3 nitrogen and oxygen atoms in total. The van der Waals surface area contributed by atoms with Gasteiger partial charge in [-0.05, 0) is 37.3 Å². The Hall–Kier alpha value is -1.77. The lowest BCUT2D eigenvalue weighted by atomic mass is 9.90. The second-order valence-electron chi connectivity index (χ2n) is 6.36. The first-order valence-corrected chi connectivity index (χ1v) is 8.48. The Balaban J connectivity index is 1.79. The van der Waals surface area contributed by atoms with E-state index in [1.807, 2.05) is 19.1 Å². The molecule has 1 fully saturated rings. The van der Waals surface area contributed by atoms with Crippen molar-refractivity contribution in [3.63, 3.8) is 0 Å². The second kappa shape index (κ2) is 6.99. The Morgan fingerprint density at radius 3 is 2.55 bits per heavy atom. The van der Waals surface area contributed by atoms with Crippen LogP contribution in [0.15, 0.2) is 35.6 Å². The zero-order chi connectivity index (χ0) is 15.4. The number of benzene rings is 1. The molecule has 1 aromatic rings. The molecule has 2 aliphatic rings.